The van der Waals surface area contributed by atoms with Gasteiger partial charge in [0, 0.05) is 16.5 Å². The first-order chi connectivity index (χ1) is 13.6. The molecule has 0 amide bonds. The largest absolute Gasteiger partial charge is 0.462 e. The third-order valence-electron chi connectivity index (χ3n) is 4.31. The van der Waals surface area contributed by atoms with Crippen molar-refractivity contribution >= 4 is 32.9 Å². The Labute approximate surface area is 168 Å². The summed E-state index contributed by atoms with van der Waals surface area (Å²) in [6, 6.07) is 15.7. The number of aromatic nitrogens is 3. The fourth-order valence-corrected chi connectivity index (χ4v) is 3.17. The van der Waals surface area contributed by atoms with Gasteiger partial charge in [-0.1, -0.05) is 18.2 Å². The summed E-state index contributed by atoms with van der Waals surface area (Å²) in [6.07, 6.45) is 0. The molecule has 0 spiro atoms. The SMILES string of the molecule is CCOC(=O)c1ccc(-c2ccc3c(-c4ccc(Br)c(F)c4)n[nH]c3n2)cc1. The molecule has 0 aliphatic heterocycles. The molecule has 4 rings (SSSR count). The first-order valence-corrected chi connectivity index (χ1v) is 9.44. The van der Waals surface area contributed by atoms with Crippen LogP contribution in [0.15, 0.2) is 59.1 Å². The van der Waals surface area contributed by atoms with Crippen molar-refractivity contribution in [2.45, 2.75) is 6.92 Å². The van der Waals surface area contributed by atoms with Gasteiger partial charge in [-0.25, -0.2) is 14.2 Å². The second-order valence-electron chi connectivity index (χ2n) is 6.09. The van der Waals surface area contributed by atoms with E-state index in [0.717, 1.165) is 16.6 Å². The predicted molar refractivity (Wildman–Crippen MR) is 108 cm³/mol. The number of halogens is 2. The van der Waals surface area contributed by atoms with E-state index in [-0.39, 0.29) is 11.8 Å². The standard InChI is InChI=1S/C21H15BrFN3O2/c1-2-28-21(27)13-5-3-12(4-6-13)18-10-8-15-19(25-26-20(15)24-18)14-7-9-16(22)17(23)11-14/h3-11H,2H2,1H3,(H,24,25,26). The average molecular weight is 440 g/mol. The van der Waals surface area contributed by atoms with Gasteiger partial charge in [-0.05, 0) is 59.3 Å². The Morgan fingerprint density at radius 2 is 1.86 bits per heavy atom. The number of ether oxygens (including phenoxy) is 1. The number of aromatic amines is 1. The molecule has 0 bridgehead atoms. The van der Waals surface area contributed by atoms with Crippen LogP contribution < -0.4 is 0 Å². The zero-order valence-electron chi connectivity index (χ0n) is 14.9. The number of nitrogens with one attached hydrogen (secondary N) is 1. The Hall–Kier alpha value is -3.06. The van der Waals surface area contributed by atoms with E-state index in [9.17, 15) is 9.18 Å². The lowest BCUT2D eigenvalue weighted by Gasteiger charge is -2.04. The highest BCUT2D eigenvalue weighted by molar-refractivity contribution is 9.10. The van der Waals surface area contributed by atoms with E-state index in [4.69, 9.17) is 4.74 Å². The van der Waals surface area contributed by atoms with Crippen molar-refractivity contribution in [1.29, 1.82) is 0 Å². The molecule has 2 heterocycles. The van der Waals surface area contributed by atoms with Crippen LogP contribution in [0.3, 0.4) is 0 Å². The molecule has 0 fully saturated rings. The predicted octanol–water partition coefficient (Wildman–Crippen LogP) is 5.37. The van der Waals surface area contributed by atoms with Gasteiger partial charge in [0.15, 0.2) is 5.65 Å². The highest BCUT2D eigenvalue weighted by atomic mass is 79.9. The van der Waals surface area contributed by atoms with Gasteiger partial charge in [-0.2, -0.15) is 5.10 Å². The number of esters is 1. The van der Waals surface area contributed by atoms with Crippen molar-refractivity contribution in [3.8, 4) is 22.5 Å². The lowest BCUT2D eigenvalue weighted by molar-refractivity contribution is 0.0526. The van der Waals surface area contributed by atoms with Crippen LogP contribution in [0.4, 0.5) is 4.39 Å². The van der Waals surface area contributed by atoms with Crippen molar-refractivity contribution in [3.05, 3.63) is 70.5 Å². The molecule has 28 heavy (non-hydrogen) atoms. The Morgan fingerprint density at radius 1 is 1.11 bits per heavy atom. The van der Waals surface area contributed by atoms with Gasteiger partial charge in [0.05, 0.1) is 22.3 Å². The van der Waals surface area contributed by atoms with Crippen LogP contribution in [-0.4, -0.2) is 27.8 Å². The second-order valence-corrected chi connectivity index (χ2v) is 6.95. The first kappa shape index (κ1) is 18.3. The van der Waals surface area contributed by atoms with E-state index < -0.39 is 0 Å². The number of carbonyl (C=O) groups excluding carboxylic acids is 1. The van der Waals surface area contributed by atoms with E-state index in [1.807, 2.05) is 24.3 Å². The minimum Gasteiger partial charge on any atom is -0.462 e. The van der Waals surface area contributed by atoms with Crippen molar-refractivity contribution in [2.24, 2.45) is 0 Å². The number of fused-ring (bicyclic) bond motifs is 1. The van der Waals surface area contributed by atoms with Gasteiger partial charge < -0.3 is 4.74 Å². The van der Waals surface area contributed by atoms with Crippen molar-refractivity contribution < 1.29 is 13.9 Å². The fraction of sp³-hybridized carbons (Fsp3) is 0.0952. The van der Waals surface area contributed by atoms with Gasteiger partial charge >= 0.3 is 5.97 Å². The maximum absolute atomic E-state index is 13.9. The third kappa shape index (κ3) is 3.41. The second kappa shape index (κ2) is 7.52. The highest BCUT2D eigenvalue weighted by Gasteiger charge is 2.13. The molecule has 4 aromatic rings. The summed E-state index contributed by atoms with van der Waals surface area (Å²) in [5.74, 6) is -0.697. The number of hydrogen-bond acceptors (Lipinski definition) is 4. The molecule has 5 nitrogen and oxygen atoms in total. The first-order valence-electron chi connectivity index (χ1n) is 8.65. The topological polar surface area (TPSA) is 67.9 Å². The van der Waals surface area contributed by atoms with Crippen LogP contribution in [0.25, 0.3) is 33.5 Å². The van der Waals surface area contributed by atoms with Crippen LogP contribution in [-0.2, 0) is 4.74 Å². The zero-order valence-corrected chi connectivity index (χ0v) is 16.5. The van der Waals surface area contributed by atoms with Crippen molar-refractivity contribution in [1.82, 2.24) is 15.2 Å². The maximum atomic E-state index is 13.9. The van der Waals surface area contributed by atoms with Gasteiger partial charge in [0.25, 0.3) is 0 Å². The minimum atomic E-state index is -0.350. The smallest absolute Gasteiger partial charge is 0.338 e. The lowest BCUT2D eigenvalue weighted by Crippen LogP contribution is -2.04. The monoisotopic (exact) mass is 439 g/mol. The molecule has 0 unspecified atom stereocenters. The summed E-state index contributed by atoms with van der Waals surface area (Å²) in [7, 11) is 0. The number of rotatable bonds is 4. The molecule has 7 heteroatoms. The zero-order chi connectivity index (χ0) is 19.7. The number of nitrogens with zero attached hydrogens (tertiary/aromatic N) is 2. The number of pyridine rings is 1. The molecule has 0 aliphatic carbocycles. The minimum absolute atomic E-state index is 0.337. The molecular weight excluding hydrogens is 425 g/mol. The Morgan fingerprint density at radius 3 is 2.57 bits per heavy atom. The number of H-pyrrole nitrogens is 1. The number of carbonyl (C=O) groups is 1. The number of hydrogen-bond donors (Lipinski definition) is 1. The summed E-state index contributed by atoms with van der Waals surface area (Å²) < 4.78 is 19.3. The Kier molecular flexibility index (Phi) is 4.92. The van der Waals surface area contributed by atoms with Crippen molar-refractivity contribution in [3.63, 3.8) is 0 Å². The Balaban J connectivity index is 1.67. The molecule has 0 radical (unpaired) electrons. The van der Waals surface area contributed by atoms with Crippen LogP contribution >= 0.6 is 15.9 Å². The third-order valence-corrected chi connectivity index (χ3v) is 4.95. The van der Waals surface area contributed by atoms with Gasteiger partial charge in [0.2, 0.25) is 0 Å². The highest BCUT2D eigenvalue weighted by Crippen LogP contribution is 2.30. The van der Waals surface area contributed by atoms with E-state index >= 15 is 0 Å². The van der Waals surface area contributed by atoms with Gasteiger partial charge in [-0.3, -0.25) is 5.10 Å². The average Bonchev–Trinajstić information content (AvgIpc) is 3.13. The van der Waals surface area contributed by atoms with Crippen molar-refractivity contribution in [2.75, 3.05) is 6.61 Å². The summed E-state index contributed by atoms with van der Waals surface area (Å²) in [5.41, 5.74) is 4.00. The van der Waals surface area contributed by atoms with Crippen LogP contribution in [0, 0.1) is 5.82 Å². The van der Waals surface area contributed by atoms with Gasteiger partial charge in [0.1, 0.15) is 11.5 Å². The van der Waals surface area contributed by atoms with Crippen LogP contribution in [0.1, 0.15) is 17.3 Å². The van der Waals surface area contributed by atoms with E-state index in [1.54, 1.807) is 31.2 Å². The molecule has 0 saturated heterocycles. The summed E-state index contributed by atoms with van der Waals surface area (Å²) in [6.45, 7) is 2.11. The molecule has 0 saturated carbocycles. The van der Waals surface area contributed by atoms with Crippen LogP contribution in [0.5, 0.6) is 0 Å². The van der Waals surface area contributed by atoms with Crippen LogP contribution in [0.2, 0.25) is 0 Å². The number of benzene rings is 2. The molecule has 2 aromatic heterocycles. The molecular formula is C21H15BrFN3O2. The molecule has 0 atom stereocenters. The van der Waals surface area contributed by atoms with Gasteiger partial charge in [-0.15, -0.1) is 0 Å². The summed E-state index contributed by atoms with van der Waals surface area (Å²) in [5, 5.41) is 8.01. The quantitative estimate of drug-likeness (QED) is 0.434. The van der Waals surface area contributed by atoms with E-state index in [2.05, 4.69) is 31.1 Å². The maximum Gasteiger partial charge on any atom is 0.338 e. The van der Waals surface area contributed by atoms with E-state index in [0.29, 0.717) is 33.5 Å². The Bertz CT molecular complexity index is 1170. The molecule has 2 aromatic carbocycles. The molecule has 0 aliphatic rings. The molecule has 1 N–H and O–H groups in total. The molecule has 140 valence electrons. The lowest BCUT2D eigenvalue weighted by atomic mass is 10.1. The fourth-order valence-electron chi connectivity index (χ4n) is 2.92. The normalized spacial score (nSPS) is 11.0. The summed E-state index contributed by atoms with van der Waals surface area (Å²) >= 11 is 3.16. The summed E-state index contributed by atoms with van der Waals surface area (Å²) in [4.78, 5) is 16.4. The van der Waals surface area contributed by atoms with E-state index in [1.165, 1.54) is 6.07 Å².